The van der Waals surface area contributed by atoms with E-state index in [1.54, 1.807) is 11.8 Å². The molecule has 0 atom stereocenters. The molecule has 84 valence electrons. The van der Waals surface area contributed by atoms with Crippen molar-refractivity contribution in [2.24, 2.45) is 7.05 Å². The second-order valence-electron chi connectivity index (χ2n) is 3.97. The summed E-state index contributed by atoms with van der Waals surface area (Å²) in [7, 11) is 3.77. The zero-order chi connectivity index (χ0) is 11.6. The Morgan fingerprint density at radius 2 is 2.07 bits per heavy atom. The summed E-state index contributed by atoms with van der Waals surface area (Å²) in [6.45, 7) is 6.41. The van der Waals surface area contributed by atoms with Crippen LogP contribution in [-0.4, -0.2) is 34.2 Å². The molecule has 0 saturated heterocycles. The number of hydrogen-bond acceptors (Lipinski definition) is 2. The molecule has 4 nitrogen and oxygen atoms in total. The van der Waals surface area contributed by atoms with Crippen molar-refractivity contribution in [2.75, 3.05) is 13.6 Å². The highest BCUT2D eigenvalue weighted by molar-refractivity contribution is 5.72. The summed E-state index contributed by atoms with van der Waals surface area (Å²) < 4.78 is 1.90. The predicted molar refractivity (Wildman–Crippen MR) is 59.7 cm³/mol. The highest BCUT2D eigenvalue weighted by Gasteiger charge is 2.10. The van der Waals surface area contributed by atoms with Crippen LogP contribution in [-0.2, 0) is 18.3 Å². The number of aryl methyl sites for hydroxylation is 2. The van der Waals surface area contributed by atoms with Crippen molar-refractivity contribution < 1.29 is 4.79 Å². The number of carbonyl (C=O) groups is 1. The van der Waals surface area contributed by atoms with Crippen LogP contribution in [0.4, 0.5) is 0 Å². The molecule has 0 unspecified atom stereocenters. The molecule has 1 aromatic rings. The van der Waals surface area contributed by atoms with E-state index in [0.29, 0.717) is 0 Å². The van der Waals surface area contributed by atoms with Gasteiger partial charge in [0, 0.05) is 39.7 Å². The second kappa shape index (κ2) is 4.47. The van der Waals surface area contributed by atoms with E-state index in [4.69, 9.17) is 0 Å². The molecular formula is C11H19N3O. The van der Waals surface area contributed by atoms with Crippen LogP contribution in [0.5, 0.6) is 0 Å². The average molecular weight is 209 g/mol. The van der Waals surface area contributed by atoms with Crippen molar-refractivity contribution in [2.45, 2.75) is 27.2 Å². The summed E-state index contributed by atoms with van der Waals surface area (Å²) >= 11 is 0. The minimum Gasteiger partial charge on any atom is -0.346 e. The highest BCUT2D eigenvalue weighted by atomic mass is 16.2. The molecule has 1 rings (SSSR count). The lowest BCUT2D eigenvalue weighted by Crippen LogP contribution is -2.26. The summed E-state index contributed by atoms with van der Waals surface area (Å²) in [5, 5.41) is 4.35. The number of hydrogen-bond donors (Lipinski definition) is 0. The van der Waals surface area contributed by atoms with Crippen LogP contribution < -0.4 is 0 Å². The summed E-state index contributed by atoms with van der Waals surface area (Å²) in [6.07, 6.45) is 0.860. The van der Waals surface area contributed by atoms with E-state index >= 15 is 0 Å². The maximum atomic E-state index is 11.0. The van der Waals surface area contributed by atoms with Gasteiger partial charge in [0.2, 0.25) is 5.91 Å². The third-order valence-electron chi connectivity index (χ3n) is 2.89. The van der Waals surface area contributed by atoms with Gasteiger partial charge < -0.3 is 4.90 Å². The van der Waals surface area contributed by atoms with Gasteiger partial charge in [0.15, 0.2) is 0 Å². The predicted octanol–water partition coefficient (Wildman–Crippen LogP) is 1.06. The van der Waals surface area contributed by atoms with Gasteiger partial charge in [-0.15, -0.1) is 0 Å². The highest BCUT2D eigenvalue weighted by Crippen LogP contribution is 2.11. The van der Waals surface area contributed by atoms with Crippen molar-refractivity contribution in [1.82, 2.24) is 14.7 Å². The van der Waals surface area contributed by atoms with Crippen molar-refractivity contribution >= 4 is 5.91 Å². The minimum absolute atomic E-state index is 0.103. The van der Waals surface area contributed by atoms with E-state index in [2.05, 4.69) is 12.0 Å². The Morgan fingerprint density at radius 3 is 2.47 bits per heavy atom. The van der Waals surface area contributed by atoms with Gasteiger partial charge in [-0.1, -0.05) is 0 Å². The van der Waals surface area contributed by atoms with Gasteiger partial charge in [0.25, 0.3) is 0 Å². The first-order chi connectivity index (χ1) is 6.93. The molecule has 1 heterocycles. The molecule has 1 amide bonds. The lowest BCUT2D eigenvalue weighted by Gasteiger charge is -2.14. The molecule has 0 aliphatic carbocycles. The van der Waals surface area contributed by atoms with Crippen molar-refractivity contribution in [3.63, 3.8) is 0 Å². The Morgan fingerprint density at radius 1 is 1.47 bits per heavy atom. The number of aromatic nitrogens is 2. The Labute approximate surface area is 90.9 Å². The van der Waals surface area contributed by atoms with Gasteiger partial charge in [0.1, 0.15) is 0 Å². The molecule has 15 heavy (non-hydrogen) atoms. The van der Waals surface area contributed by atoms with Crippen LogP contribution in [0, 0.1) is 13.8 Å². The molecule has 0 aliphatic heterocycles. The van der Waals surface area contributed by atoms with Crippen molar-refractivity contribution in [3.8, 4) is 0 Å². The smallest absolute Gasteiger partial charge is 0.219 e. The van der Waals surface area contributed by atoms with E-state index < -0.39 is 0 Å². The number of rotatable bonds is 3. The van der Waals surface area contributed by atoms with Gasteiger partial charge in [0.05, 0.1) is 5.69 Å². The molecule has 0 aliphatic rings. The monoisotopic (exact) mass is 209 g/mol. The van der Waals surface area contributed by atoms with Crippen molar-refractivity contribution in [1.29, 1.82) is 0 Å². The lowest BCUT2D eigenvalue weighted by molar-refractivity contribution is -0.127. The van der Waals surface area contributed by atoms with E-state index in [1.807, 2.05) is 25.7 Å². The van der Waals surface area contributed by atoms with Crippen LogP contribution in [0.3, 0.4) is 0 Å². The Bertz CT molecular complexity index is 368. The molecule has 0 spiro atoms. The number of nitrogens with zero attached hydrogens (tertiary/aromatic N) is 3. The lowest BCUT2D eigenvalue weighted by atomic mass is 10.1. The fraction of sp³-hybridized carbons (Fsp3) is 0.636. The van der Waals surface area contributed by atoms with Crippen LogP contribution in [0.1, 0.15) is 23.9 Å². The van der Waals surface area contributed by atoms with Crippen LogP contribution >= 0.6 is 0 Å². The first kappa shape index (κ1) is 11.8. The normalized spacial score (nSPS) is 10.5. The van der Waals surface area contributed by atoms with Crippen LogP contribution in [0.25, 0.3) is 0 Å². The second-order valence-corrected chi connectivity index (χ2v) is 3.97. The molecule has 0 saturated carbocycles. The summed E-state index contributed by atoms with van der Waals surface area (Å²) in [4.78, 5) is 12.8. The third kappa shape index (κ3) is 2.58. The quantitative estimate of drug-likeness (QED) is 0.746. The fourth-order valence-electron chi connectivity index (χ4n) is 1.59. The average Bonchev–Trinajstić information content (AvgIpc) is 2.38. The van der Waals surface area contributed by atoms with Gasteiger partial charge in [-0.3, -0.25) is 9.48 Å². The van der Waals surface area contributed by atoms with Crippen molar-refractivity contribution in [3.05, 3.63) is 17.0 Å². The molecule has 0 aromatic carbocycles. The van der Waals surface area contributed by atoms with Crippen LogP contribution in [0.15, 0.2) is 0 Å². The minimum atomic E-state index is 0.103. The zero-order valence-electron chi connectivity index (χ0n) is 10.2. The molecular weight excluding hydrogens is 190 g/mol. The molecule has 1 aromatic heterocycles. The Kier molecular flexibility index (Phi) is 3.50. The van der Waals surface area contributed by atoms with Gasteiger partial charge in [-0.05, 0) is 19.4 Å². The standard InChI is InChI=1S/C11H19N3O/c1-8-9(2)12-14(5)11(8)6-7-13(4)10(3)15/h6-7H2,1-5H3. The maximum absolute atomic E-state index is 11.0. The van der Waals surface area contributed by atoms with E-state index in [9.17, 15) is 4.79 Å². The third-order valence-corrected chi connectivity index (χ3v) is 2.89. The summed E-state index contributed by atoms with van der Waals surface area (Å²) in [5.74, 6) is 0.103. The summed E-state index contributed by atoms with van der Waals surface area (Å²) in [6, 6.07) is 0. The largest absolute Gasteiger partial charge is 0.346 e. The maximum Gasteiger partial charge on any atom is 0.219 e. The summed E-state index contributed by atoms with van der Waals surface area (Å²) in [5.41, 5.74) is 3.51. The first-order valence-electron chi connectivity index (χ1n) is 5.14. The molecule has 4 heteroatoms. The SMILES string of the molecule is CC(=O)N(C)CCc1c(C)c(C)nn1C. The van der Waals surface area contributed by atoms with E-state index in [1.165, 1.54) is 11.3 Å². The van der Waals surface area contributed by atoms with Crippen LogP contribution in [0.2, 0.25) is 0 Å². The number of amides is 1. The molecule has 0 bridgehead atoms. The van der Waals surface area contributed by atoms with E-state index in [0.717, 1.165) is 18.7 Å². The molecule has 0 fully saturated rings. The zero-order valence-corrected chi connectivity index (χ0v) is 10.2. The first-order valence-corrected chi connectivity index (χ1v) is 5.14. The molecule has 0 N–H and O–H groups in total. The Hall–Kier alpha value is -1.32. The topological polar surface area (TPSA) is 38.1 Å². The van der Waals surface area contributed by atoms with Gasteiger partial charge >= 0.3 is 0 Å². The molecule has 0 radical (unpaired) electrons. The number of likely N-dealkylation sites (N-methyl/N-ethyl adjacent to an activating group) is 1. The number of carbonyl (C=O) groups excluding carboxylic acids is 1. The van der Waals surface area contributed by atoms with Gasteiger partial charge in [-0.2, -0.15) is 5.10 Å². The van der Waals surface area contributed by atoms with Gasteiger partial charge in [-0.25, -0.2) is 0 Å². The Balaban J connectivity index is 2.69. The fourth-order valence-corrected chi connectivity index (χ4v) is 1.59. The van der Waals surface area contributed by atoms with E-state index in [-0.39, 0.29) is 5.91 Å².